The lowest BCUT2D eigenvalue weighted by Crippen LogP contribution is -2.44. The molecule has 2 aromatic rings. The van der Waals surface area contributed by atoms with E-state index in [-0.39, 0.29) is 17.5 Å². The Bertz CT molecular complexity index is 1450. The van der Waals surface area contributed by atoms with Crippen molar-refractivity contribution in [3.63, 3.8) is 0 Å². The molecule has 0 heterocycles. The summed E-state index contributed by atoms with van der Waals surface area (Å²) < 4.78 is 88.1. The minimum absolute atomic E-state index is 0.00408. The van der Waals surface area contributed by atoms with Gasteiger partial charge in [-0.3, -0.25) is 9.59 Å². The van der Waals surface area contributed by atoms with Crippen LogP contribution in [0.2, 0.25) is 0 Å². The van der Waals surface area contributed by atoms with Gasteiger partial charge in [0.25, 0.3) is 0 Å². The Morgan fingerprint density at radius 1 is 1.13 bits per heavy atom. The second-order valence-corrected chi connectivity index (χ2v) is 11.8. The topological polar surface area (TPSA) is 148 Å². The normalized spacial score (nSPS) is 29.0. The smallest absolute Gasteiger partial charge is 0.417 e. The Hall–Kier alpha value is -3.50. The monoisotopic (exact) mass is 554 g/mol. The summed E-state index contributed by atoms with van der Waals surface area (Å²) in [5.74, 6) is -4.38. The summed E-state index contributed by atoms with van der Waals surface area (Å²) in [6, 6.07) is 8.90. The van der Waals surface area contributed by atoms with Crippen LogP contribution in [0.3, 0.4) is 0 Å². The highest BCUT2D eigenvalue weighted by Gasteiger charge is 2.75. The molecule has 8 nitrogen and oxygen atoms in total. The number of nitriles is 1. The Balaban J connectivity index is 1.79. The molecule has 2 unspecified atom stereocenters. The van der Waals surface area contributed by atoms with Crippen LogP contribution in [0.1, 0.15) is 24.8 Å². The first-order valence-electron chi connectivity index (χ1n) is 11.3. The van der Waals surface area contributed by atoms with Crippen molar-refractivity contribution >= 4 is 21.7 Å². The average molecular weight is 555 g/mol. The molecule has 38 heavy (non-hydrogen) atoms. The molecular formula is C25H22F4N2O6S. The van der Waals surface area contributed by atoms with Crippen molar-refractivity contribution in [3.8, 4) is 17.2 Å². The lowest BCUT2D eigenvalue weighted by molar-refractivity contribution is -0.159. The molecule has 0 bridgehead atoms. The summed E-state index contributed by atoms with van der Waals surface area (Å²) in [5, 5.41) is 18.1. The molecule has 4 rings (SSSR count). The Morgan fingerprint density at radius 3 is 2.21 bits per heavy atom. The van der Waals surface area contributed by atoms with E-state index in [2.05, 4.69) is 0 Å². The fraction of sp³-hybridized carbons (Fsp3) is 0.400. The van der Waals surface area contributed by atoms with Crippen LogP contribution in [0.25, 0.3) is 11.1 Å². The van der Waals surface area contributed by atoms with E-state index in [1.807, 2.05) is 0 Å². The summed E-state index contributed by atoms with van der Waals surface area (Å²) in [6.07, 6.45) is -7.80. The number of carboxylic acids is 1. The number of ether oxygens (including phenoxy) is 1. The maximum Gasteiger partial charge on any atom is 0.417 e. The number of sulfone groups is 1. The minimum Gasteiger partial charge on any atom is -0.481 e. The molecule has 0 saturated heterocycles. The number of carboxylic acid groups (broad SMARTS) is 1. The molecule has 0 radical (unpaired) electrons. The summed E-state index contributed by atoms with van der Waals surface area (Å²) in [7, 11) is -3.68. The van der Waals surface area contributed by atoms with Gasteiger partial charge in [0.15, 0.2) is 9.84 Å². The SMILES string of the molecule is CO[C@@H]1C[C@H](S(=O)(=O)c2ccc(-c3ccc(F)cc3)cc2C(F)(F)F)C[C@@]1(C(=O)O)C1CC1(C#N)C(N)=O. The molecule has 2 aliphatic rings. The van der Waals surface area contributed by atoms with Gasteiger partial charge in [-0.25, -0.2) is 12.8 Å². The Labute approximate surface area is 214 Å². The first kappa shape index (κ1) is 27.5. The summed E-state index contributed by atoms with van der Waals surface area (Å²) >= 11 is 0. The highest BCUT2D eigenvalue weighted by atomic mass is 32.2. The van der Waals surface area contributed by atoms with E-state index in [4.69, 9.17) is 10.5 Å². The second kappa shape index (κ2) is 9.06. The predicted molar refractivity (Wildman–Crippen MR) is 123 cm³/mol. The van der Waals surface area contributed by atoms with Crippen LogP contribution in [-0.2, 0) is 30.3 Å². The maximum absolute atomic E-state index is 14.1. The number of primary amides is 1. The highest BCUT2D eigenvalue weighted by Crippen LogP contribution is 2.66. The van der Waals surface area contributed by atoms with E-state index in [0.29, 0.717) is 6.07 Å². The summed E-state index contributed by atoms with van der Waals surface area (Å²) in [5.41, 5.74) is 0.209. The molecule has 2 fully saturated rings. The van der Waals surface area contributed by atoms with Gasteiger partial charge in [-0.05, 0) is 54.7 Å². The number of nitrogens with zero attached hydrogens (tertiary/aromatic N) is 1. The third-order valence-electron chi connectivity index (χ3n) is 7.73. The van der Waals surface area contributed by atoms with Crippen molar-refractivity contribution in [2.75, 3.05) is 7.11 Å². The van der Waals surface area contributed by atoms with Gasteiger partial charge in [0, 0.05) is 13.0 Å². The number of aliphatic carboxylic acids is 1. The average Bonchev–Trinajstić information content (AvgIpc) is 3.48. The van der Waals surface area contributed by atoms with Crippen LogP contribution in [0.15, 0.2) is 47.4 Å². The summed E-state index contributed by atoms with van der Waals surface area (Å²) in [4.78, 5) is 23.4. The molecule has 13 heteroatoms. The van der Waals surface area contributed by atoms with Gasteiger partial charge in [0.05, 0.1) is 27.9 Å². The van der Waals surface area contributed by atoms with E-state index in [1.54, 1.807) is 6.07 Å². The van der Waals surface area contributed by atoms with E-state index in [9.17, 15) is 45.9 Å². The standard InChI is InChI=1S/C25H22F4N2O6S/c1-37-20-9-16(10-24(20,22(33)34)19-11-23(19,12-30)21(31)32)38(35,36)18-7-4-14(8-17(18)25(27,28)29)13-2-5-15(26)6-3-13/h2-8,16,19-20H,9-11H2,1H3,(H2,31,32)(H,33,34)/t16-,19?,20+,23?,24+/m0/s1. The number of alkyl halides is 3. The van der Waals surface area contributed by atoms with Gasteiger partial charge in [-0.15, -0.1) is 0 Å². The molecule has 2 aromatic carbocycles. The molecular weight excluding hydrogens is 532 g/mol. The molecule has 5 atom stereocenters. The predicted octanol–water partition coefficient (Wildman–Crippen LogP) is 3.55. The third kappa shape index (κ3) is 4.12. The van der Waals surface area contributed by atoms with E-state index < -0.39 is 85.1 Å². The van der Waals surface area contributed by atoms with Gasteiger partial charge in [-0.2, -0.15) is 18.4 Å². The minimum atomic E-state index is -5.10. The van der Waals surface area contributed by atoms with Crippen molar-refractivity contribution in [3.05, 3.63) is 53.8 Å². The zero-order valence-electron chi connectivity index (χ0n) is 19.8. The van der Waals surface area contributed by atoms with Gasteiger partial charge < -0.3 is 15.6 Å². The molecule has 2 aliphatic carbocycles. The molecule has 0 aromatic heterocycles. The van der Waals surface area contributed by atoms with Crippen LogP contribution >= 0.6 is 0 Å². The van der Waals surface area contributed by atoms with Crippen molar-refractivity contribution in [2.45, 2.75) is 41.7 Å². The fourth-order valence-electron chi connectivity index (χ4n) is 5.66. The number of methoxy groups -OCH3 is 1. The van der Waals surface area contributed by atoms with Crippen LogP contribution in [0.5, 0.6) is 0 Å². The number of rotatable bonds is 7. The van der Waals surface area contributed by atoms with Crippen LogP contribution in [0, 0.1) is 33.9 Å². The number of benzene rings is 2. The van der Waals surface area contributed by atoms with Crippen molar-refractivity contribution < 1.29 is 45.4 Å². The molecule has 3 N–H and O–H groups in total. The number of carbonyl (C=O) groups excluding carboxylic acids is 1. The van der Waals surface area contributed by atoms with Crippen LogP contribution in [0.4, 0.5) is 17.6 Å². The van der Waals surface area contributed by atoms with E-state index in [1.165, 1.54) is 12.1 Å². The number of hydrogen-bond acceptors (Lipinski definition) is 6. The number of carbonyl (C=O) groups is 2. The maximum atomic E-state index is 14.1. The largest absolute Gasteiger partial charge is 0.481 e. The number of halogens is 4. The number of hydrogen-bond donors (Lipinski definition) is 2. The Kier molecular flexibility index (Phi) is 6.56. The summed E-state index contributed by atoms with van der Waals surface area (Å²) in [6.45, 7) is 0. The molecule has 2 saturated carbocycles. The van der Waals surface area contributed by atoms with Gasteiger partial charge in [-0.1, -0.05) is 18.2 Å². The van der Waals surface area contributed by atoms with Crippen LogP contribution < -0.4 is 5.73 Å². The molecule has 1 amide bonds. The highest BCUT2D eigenvalue weighted by molar-refractivity contribution is 7.92. The quantitative estimate of drug-likeness (QED) is 0.498. The fourth-order valence-corrected chi connectivity index (χ4v) is 7.68. The first-order chi connectivity index (χ1) is 17.6. The lowest BCUT2D eigenvalue weighted by Gasteiger charge is -2.31. The van der Waals surface area contributed by atoms with E-state index in [0.717, 1.165) is 31.4 Å². The molecule has 202 valence electrons. The second-order valence-electron chi connectivity index (χ2n) is 9.60. The van der Waals surface area contributed by atoms with Gasteiger partial charge in [0.2, 0.25) is 5.91 Å². The van der Waals surface area contributed by atoms with Gasteiger partial charge >= 0.3 is 12.1 Å². The zero-order chi connectivity index (χ0) is 28.3. The van der Waals surface area contributed by atoms with Gasteiger partial charge in [0.1, 0.15) is 16.6 Å². The molecule has 0 spiro atoms. The molecule has 0 aliphatic heterocycles. The zero-order valence-corrected chi connectivity index (χ0v) is 20.6. The Morgan fingerprint density at radius 2 is 1.74 bits per heavy atom. The van der Waals surface area contributed by atoms with Crippen LogP contribution in [-0.4, -0.2) is 43.9 Å². The first-order valence-corrected chi connectivity index (χ1v) is 12.9. The van der Waals surface area contributed by atoms with Crippen molar-refractivity contribution in [2.24, 2.45) is 22.5 Å². The van der Waals surface area contributed by atoms with Crippen molar-refractivity contribution in [1.29, 1.82) is 5.26 Å². The third-order valence-corrected chi connectivity index (χ3v) is 9.94. The number of nitrogens with two attached hydrogens (primary N) is 1. The lowest BCUT2D eigenvalue weighted by atomic mass is 9.75. The van der Waals surface area contributed by atoms with Crippen molar-refractivity contribution in [1.82, 2.24) is 0 Å². The number of amides is 1. The van der Waals surface area contributed by atoms with E-state index >= 15 is 0 Å².